The van der Waals surface area contributed by atoms with Gasteiger partial charge in [-0.3, -0.25) is 0 Å². The highest BCUT2D eigenvalue weighted by atomic mass is 79.9. The zero-order valence-electron chi connectivity index (χ0n) is 9.54. The first-order valence-electron chi connectivity index (χ1n) is 5.51. The number of nitrogens with two attached hydrogens (primary N) is 1. The highest BCUT2D eigenvalue weighted by Gasteiger charge is 2.10. The van der Waals surface area contributed by atoms with Crippen LogP contribution in [0.25, 0.3) is 0 Å². The average molecular weight is 329 g/mol. The standard InChI is InChI=1S/C14H12BrClFN/c15-11-4-1-9(2-5-11)14(18)7-10-3-6-12(17)8-13(10)16/h1-6,8,14H,7,18H2. The summed E-state index contributed by atoms with van der Waals surface area (Å²) in [6, 6.07) is 12.1. The molecule has 94 valence electrons. The highest BCUT2D eigenvalue weighted by molar-refractivity contribution is 9.10. The molecule has 18 heavy (non-hydrogen) atoms. The first kappa shape index (κ1) is 13.5. The molecule has 1 atom stereocenters. The van der Waals surface area contributed by atoms with Gasteiger partial charge in [-0.15, -0.1) is 0 Å². The van der Waals surface area contributed by atoms with Gasteiger partial charge in [0.25, 0.3) is 0 Å². The SMILES string of the molecule is NC(Cc1ccc(F)cc1Cl)c1ccc(Br)cc1. The van der Waals surface area contributed by atoms with Gasteiger partial charge in [0.1, 0.15) is 5.82 Å². The molecule has 0 aromatic heterocycles. The van der Waals surface area contributed by atoms with Crippen LogP contribution in [-0.2, 0) is 6.42 Å². The van der Waals surface area contributed by atoms with Gasteiger partial charge in [-0.1, -0.05) is 45.7 Å². The molecule has 2 N–H and O–H groups in total. The van der Waals surface area contributed by atoms with Gasteiger partial charge < -0.3 is 5.73 Å². The van der Waals surface area contributed by atoms with Crippen LogP contribution in [0.15, 0.2) is 46.9 Å². The van der Waals surface area contributed by atoms with Crippen molar-refractivity contribution in [3.63, 3.8) is 0 Å². The predicted octanol–water partition coefficient (Wildman–Crippen LogP) is 4.48. The Morgan fingerprint density at radius 1 is 1.17 bits per heavy atom. The maximum absolute atomic E-state index is 12.9. The van der Waals surface area contributed by atoms with Crippen molar-refractivity contribution in [2.45, 2.75) is 12.5 Å². The first-order valence-corrected chi connectivity index (χ1v) is 6.68. The molecule has 4 heteroatoms. The van der Waals surface area contributed by atoms with Gasteiger partial charge in [0, 0.05) is 15.5 Å². The molecule has 2 rings (SSSR count). The summed E-state index contributed by atoms with van der Waals surface area (Å²) in [6.07, 6.45) is 0.584. The molecule has 0 aliphatic carbocycles. The molecule has 0 saturated heterocycles. The van der Waals surface area contributed by atoms with E-state index in [2.05, 4.69) is 15.9 Å². The van der Waals surface area contributed by atoms with E-state index in [1.807, 2.05) is 24.3 Å². The van der Waals surface area contributed by atoms with E-state index < -0.39 is 0 Å². The second kappa shape index (κ2) is 5.83. The second-order valence-electron chi connectivity index (χ2n) is 4.10. The largest absolute Gasteiger partial charge is 0.324 e. The minimum absolute atomic E-state index is 0.152. The van der Waals surface area contributed by atoms with Gasteiger partial charge in [-0.25, -0.2) is 4.39 Å². The third-order valence-corrected chi connectivity index (χ3v) is 3.63. The van der Waals surface area contributed by atoms with Crippen LogP contribution in [0.3, 0.4) is 0 Å². The zero-order valence-corrected chi connectivity index (χ0v) is 11.9. The number of halogens is 3. The van der Waals surface area contributed by atoms with Crippen molar-refractivity contribution in [2.24, 2.45) is 5.73 Å². The summed E-state index contributed by atoms with van der Waals surface area (Å²) in [5.74, 6) is -0.332. The first-order chi connectivity index (χ1) is 8.56. The normalized spacial score (nSPS) is 12.4. The Morgan fingerprint density at radius 3 is 2.44 bits per heavy atom. The molecule has 0 radical (unpaired) electrons. The van der Waals surface area contributed by atoms with Crippen molar-refractivity contribution in [1.82, 2.24) is 0 Å². The molecular weight excluding hydrogens is 317 g/mol. The molecule has 2 aromatic rings. The number of benzene rings is 2. The Bertz CT molecular complexity index is 542. The third-order valence-electron chi connectivity index (χ3n) is 2.75. The summed E-state index contributed by atoms with van der Waals surface area (Å²) >= 11 is 9.36. The van der Waals surface area contributed by atoms with Crippen LogP contribution in [0.4, 0.5) is 4.39 Å². The molecule has 0 saturated carbocycles. The molecule has 0 heterocycles. The third kappa shape index (κ3) is 3.31. The summed E-state index contributed by atoms with van der Waals surface area (Å²) in [5, 5.41) is 0.419. The second-order valence-corrected chi connectivity index (χ2v) is 5.42. The van der Waals surface area contributed by atoms with E-state index in [4.69, 9.17) is 17.3 Å². The number of hydrogen-bond acceptors (Lipinski definition) is 1. The van der Waals surface area contributed by atoms with Crippen molar-refractivity contribution in [3.05, 3.63) is 68.9 Å². The van der Waals surface area contributed by atoms with Crippen molar-refractivity contribution in [2.75, 3.05) is 0 Å². The number of rotatable bonds is 3. The topological polar surface area (TPSA) is 26.0 Å². The predicted molar refractivity (Wildman–Crippen MR) is 76.2 cm³/mol. The fourth-order valence-electron chi connectivity index (χ4n) is 1.75. The molecule has 2 aromatic carbocycles. The molecule has 0 amide bonds. The zero-order chi connectivity index (χ0) is 13.1. The Morgan fingerprint density at radius 2 is 1.83 bits per heavy atom. The van der Waals surface area contributed by atoms with E-state index >= 15 is 0 Å². The number of hydrogen-bond donors (Lipinski definition) is 1. The van der Waals surface area contributed by atoms with Gasteiger partial charge >= 0.3 is 0 Å². The summed E-state index contributed by atoms with van der Waals surface area (Å²) < 4.78 is 13.9. The monoisotopic (exact) mass is 327 g/mol. The van der Waals surface area contributed by atoms with Gasteiger partial charge in [-0.2, -0.15) is 0 Å². The van der Waals surface area contributed by atoms with Crippen molar-refractivity contribution in [3.8, 4) is 0 Å². The lowest BCUT2D eigenvalue weighted by molar-refractivity contribution is 0.625. The Balaban J connectivity index is 2.15. The maximum atomic E-state index is 12.9. The van der Waals surface area contributed by atoms with Gasteiger partial charge in [0.05, 0.1) is 0 Å². The molecule has 0 aliphatic heterocycles. The average Bonchev–Trinajstić information content (AvgIpc) is 2.33. The highest BCUT2D eigenvalue weighted by Crippen LogP contribution is 2.23. The van der Waals surface area contributed by atoms with E-state index in [1.54, 1.807) is 6.07 Å². The van der Waals surface area contributed by atoms with Gasteiger partial charge in [-0.05, 0) is 41.8 Å². The van der Waals surface area contributed by atoms with Crippen molar-refractivity contribution < 1.29 is 4.39 Å². The van der Waals surface area contributed by atoms with E-state index in [0.29, 0.717) is 11.4 Å². The van der Waals surface area contributed by atoms with Crippen LogP contribution in [0.5, 0.6) is 0 Å². The van der Waals surface area contributed by atoms with Crippen LogP contribution in [-0.4, -0.2) is 0 Å². The van der Waals surface area contributed by atoms with Crippen LogP contribution in [0, 0.1) is 5.82 Å². The molecule has 1 unspecified atom stereocenters. The molecule has 1 nitrogen and oxygen atoms in total. The molecule has 0 spiro atoms. The Hall–Kier alpha value is -0.900. The Labute approximate surface area is 119 Å². The Kier molecular flexibility index (Phi) is 4.38. The molecular formula is C14H12BrClFN. The molecule has 0 bridgehead atoms. The van der Waals surface area contributed by atoms with Crippen LogP contribution in [0.2, 0.25) is 5.02 Å². The summed E-state index contributed by atoms with van der Waals surface area (Å²) in [6.45, 7) is 0. The summed E-state index contributed by atoms with van der Waals surface area (Å²) in [4.78, 5) is 0. The van der Waals surface area contributed by atoms with Gasteiger partial charge in [0.2, 0.25) is 0 Å². The smallest absolute Gasteiger partial charge is 0.124 e. The lowest BCUT2D eigenvalue weighted by Gasteiger charge is -2.13. The van der Waals surface area contributed by atoms with Crippen molar-refractivity contribution >= 4 is 27.5 Å². The fraction of sp³-hybridized carbons (Fsp3) is 0.143. The lowest BCUT2D eigenvalue weighted by atomic mass is 10.00. The minimum atomic E-state index is -0.332. The maximum Gasteiger partial charge on any atom is 0.124 e. The quantitative estimate of drug-likeness (QED) is 0.883. The van der Waals surface area contributed by atoms with Gasteiger partial charge in [0.15, 0.2) is 0 Å². The van der Waals surface area contributed by atoms with Crippen molar-refractivity contribution in [1.29, 1.82) is 0 Å². The fourth-order valence-corrected chi connectivity index (χ4v) is 2.26. The van der Waals surface area contributed by atoms with E-state index in [-0.39, 0.29) is 11.9 Å². The molecule has 0 aliphatic rings. The lowest BCUT2D eigenvalue weighted by Crippen LogP contribution is -2.13. The summed E-state index contributed by atoms with van der Waals surface area (Å²) in [5.41, 5.74) is 8.00. The molecule has 0 fully saturated rings. The summed E-state index contributed by atoms with van der Waals surface area (Å²) in [7, 11) is 0. The van der Waals surface area contributed by atoms with Crippen LogP contribution >= 0.6 is 27.5 Å². The van der Waals surface area contributed by atoms with E-state index in [0.717, 1.165) is 15.6 Å². The van der Waals surface area contributed by atoms with Crippen LogP contribution in [0.1, 0.15) is 17.2 Å². The minimum Gasteiger partial charge on any atom is -0.324 e. The van der Waals surface area contributed by atoms with E-state index in [9.17, 15) is 4.39 Å². The van der Waals surface area contributed by atoms with E-state index in [1.165, 1.54) is 12.1 Å². The van der Waals surface area contributed by atoms with Crippen LogP contribution < -0.4 is 5.73 Å².